The number of carbonyl (C=O) groups is 1. The van der Waals surface area contributed by atoms with Crippen LogP contribution in [0.1, 0.15) is 28.7 Å². The molecule has 0 aliphatic rings. The summed E-state index contributed by atoms with van der Waals surface area (Å²) in [6.45, 7) is 3.97. The highest BCUT2D eigenvalue weighted by Gasteiger charge is 2.18. The van der Waals surface area contributed by atoms with Gasteiger partial charge in [0.15, 0.2) is 0 Å². The highest BCUT2D eigenvalue weighted by molar-refractivity contribution is 6.06. The molecule has 0 saturated heterocycles. The van der Waals surface area contributed by atoms with Crippen LogP contribution in [0.15, 0.2) is 24.3 Å². The summed E-state index contributed by atoms with van der Waals surface area (Å²) in [5.41, 5.74) is 3.21. The first-order valence-electron chi connectivity index (χ1n) is 7.51. The Kier molecular flexibility index (Phi) is 3.67. The molecule has 3 rings (SSSR count). The van der Waals surface area contributed by atoms with E-state index in [-0.39, 0.29) is 11.7 Å². The lowest BCUT2D eigenvalue weighted by Gasteiger charge is -2.08. The van der Waals surface area contributed by atoms with Crippen molar-refractivity contribution in [3.63, 3.8) is 0 Å². The predicted octanol–water partition coefficient (Wildman–Crippen LogP) is 3.17. The number of rotatable bonds is 3. The lowest BCUT2D eigenvalue weighted by molar-refractivity contribution is 0.101. The van der Waals surface area contributed by atoms with Crippen molar-refractivity contribution < 1.29 is 9.18 Å². The number of fused-ring (bicyclic) bond motifs is 1. The summed E-state index contributed by atoms with van der Waals surface area (Å²) in [6, 6.07) is 6.19. The number of aromatic nitrogens is 3. The molecule has 0 aliphatic carbocycles. The normalized spacial score (nSPS) is 11.2. The molecule has 120 valence electrons. The second kappa shape index (κ2) is 5.53. The third-order valence-corrected chi connectivity index (χ3v) is 4.19. The van der Waals surface area contributed by atoms with Crippen molar-refractivity contribution in [2.24, 2.45) is 14.1 Å². The summed E-state index contributed by atoms with van der Waals surface area (Å²) in [6.07, 6.45) is 0.808. The minimum absolute atomic E-state index is 0.238. The van der Waals surface area contributed by atoms with E-state index in [9.17, 15) is 9.18 Å². The Morgan fingerprint density at radius 3 is 2.70 bits per heavy atom. The Labute approximate surface area is 133 Å². The number of amides is 1. The van der Waals surface area contributed by atoms with Crippen LogP contribution in [0.25, 0.3) is 10.9 Å². The van der Waals surface area contributed by atoms with Crippen molar-refractivity contribution in [3.8, 4) is 0 Å². The monoisotopic (exact) mass is 314 g/mol. The van der Waals surface area contributed by atoms with E-state index in [1.807, 2.05) is 13.8 Å². The average Bonchev–Trinajstić information content (AvgIpc) is 2.98. The number of anilines is 1. The van der Waals surface area contributed by atoms with Gasteiger partial charge in [0.25, 0.3) is 5.91 Å². The van der Waals surface area contributed by atoms with Gasteiger partial charge in [0.05, 0.1) is 5.69 Å². The van der Waals surface area contributed by atoms with Crippen molar-refractivity contribution >= 4 is 22.6 Å². The fourth-order valence-electron chi connectivity index (χ4n) is 2.91. The maximum absolute atomic E-state index is 13.4. The molecule has 0 fully saturated rings. The zero-order chi connectivity index (χ0) is 16.7. The van der Waals surface area contributed by atoms with E-state index in [2.05, 4.69) is 10.4 Å². The maximum atomic E-state index is 13.4. The van der Waals surface area contributed by atoms with Crippen LogP contribution < -0.4 is 5.32 Å². The number of nitrogens with zero attached hydrogens (tertiary/aromatic N) is 3. The third kappa shape index (κ3) is 2.50. The van der Waals surface area contributed by atoms with Gasteiger partial charge in [-0.05, 0) is 37.6 Å². The first kappa shape index (κ1) is 15.3. The van der Waals surface area contributed by atoms with Gasteiger partial charge in [0.2, 0.25) is 0 Å². The first-order valence-corrected chi connectivity index (χ1v) is 7.51. The van der Waals surface area contributed by atoms with Gasteiger partial charge in [0.1, 0.15) is 17.3 Å². The third-order valence-electron chi connectivity index (χ3n) is 4.19. The lowest BCUT2D eigenvalue weighted by atomic mass is 10.2. The summed E-state index contributed by atoms with van der Waals surface area (Å²) in [5.74, 6) is 0.131. The molecule has 1 N–H and O–H groups in total. The van der Waals surface area contributed by atoms with Crippen LogP contribution in [-0.2, 0) is 20.5 Å². The molecular formula is C17H19FN4O. The van der Waals surface area contributed by atoms with Crippen LogP contribution >= 0.6 is 0 Å². The number of carbonyl (C=O) groups excluding carboxylic acids is 1. The zero-order valence-electron chi connectivity index (χ0n) is 13.6. The largest absolute Gasteiger partial charge is 0.340 e. The molecule has 0 spiro atoms. The lowest BCUT2D eigenvalue weighted by Crippen LogP contribution is -2.18. The topological polar surface area (TPSA) is 51.9 Å². The first-order chi connectivity index (χ1) is 10.9. The Hall–Kier alpha value is -2.63. The van der Waals surface area contributed by atoms with E-state index in [0.29, 0.717) is 16.9 Å². The number of hydrogen-bond donors (Lipinski definition) is 1. The molecule has 0 aliphatic heterocycles. The van der Waals surface area contributed by atoms with Crippen molar-refractivity contribution in [3.05, 3.63) is 47.0 Å². The standard InChI is InChI=1S/C17H19FN4O/c1-5-13-10(2)16(22(4)20-13)19-17(23)15-9-11-8-12(18)6-7-14(11)21(15)3/h6-9H,5H2,1-4H3,(H,19,23). The molecular weight excluding hydrogens is 295 g/mol. The van der Waals surface area contributed by atoms with E-state index in [4.69, 9.17) is 0 Å². The van der Waals surface area contributed by atoms with E-state index in [0.717, 1.165) is 23.2 Å². The van der Waals surface area contributed by atoms with Gasteiger partial charge >= 0.3 is 0 Å². The van der Waals surface area contributed by atoms with Crippen LogP contribution in [0.2, 0.25) is 0 Å². The van der Waals surface area contributed by atoms with E-state index < -0.39 is 0 Å². The van der Waals surface area contributed by atoms with Gasteiger partial charge < -0.3 is 9.88 Å². The van der Waals surface area contributed by atoms with Crippen molar-refractivity contribution in [1.29, 1.82) is 0 Å². The number of benzene rings is 1. The fourth-order valence-corrected chi connectivity index (χ4v) is 2.91. The molecule has 0 saturated carbocycles. The van der Waals surface area contributed by atoms with Crippen LogP contribution in [0.3, 0.4) is 0 Å². The molecule has 0 unspecified atom stereocenters. The second-order valence-electron chi connectivity index (χ2n) is 5.64. The summed E-state index contributed by atoms with van der Waals surface area (Å²) in [4.78, 5) is 12.6. The molecule has 23 heavy (non-hydrogen) atoms. The van der Waals surface area contributed by atoms with Gasteiger partial charge in [-0.1, -0.05) is 6.92 Å². The van der Waals surface area contributed by atoms with Crippen molar-refractivity contribution in [2.45, 2.75) is 20.3 Å². The smallest absolute Gasteiger partial charge is 0.273 e. The highest BCUT2D eigenvalue weighted by Crippen LogP contribution is 2.23. The highest BCUT2D eigenvalue weighted by atomic mass is 19.1. The van der Waals surface area contributed by atoms with E-state index in [1.54, 1.807) is 35.5 Å². The molecule has 6 heteroatoms. The zero-order valence-corrected chi connectivity index (χ0v) is 13.6. The Morgan fingerprint density at radius 2 is 2.04 bits per heavy atom. The maximum Gasteiger partial charge on any atom is 0.273 e. The molecule has 0 bridgehead atoms. The van der Waals surface area contributed by atoms with Gasteiger partial charge in [0, 0.05) is 30.6 Å². The molecule has 5 nitrogen and oxygen atoms in total. The van der Waals surface area contributed by atoms with Gasteiger partial charge in [-0.2, -0.15) is 5.10 Å². The van der Waals surface area contributed by atoms with E-state index in [1.165, 1.54) is 12.1 Å². The fraction of sp³-hybridized carbons (Fsp3) is 0.294. The van der Waals surface area contributed by atoms with Crippen molar-refractivity contribution in [1.82, 2.24) is 14.3 Å². The number of aryl methyl sites for hydroxylation is 3. The van der Waals surface area contributed by atoms with Gasteiger partial charge in [-0.15, -0.1) is 0 Å². The summed E-state index contributed by atoms with van der Waals surface area (Å²) >= 11 is 0. The average molecular weight is 314 g/mol. The molecule has 1 aromatic carbocycles. The number of halogens is 1. The summed E-state index contributed by atoms with van der Waals surface area (Å²) < 4.78 is 16.8. The van der Waals surface area contributed by atoms with Crippen LogP contribution in [0.4, 0.5) is 10.2 Å². The predicted molar refractivity (Wildman–Crippen MR) is 88.2 cm³/mol. The Balaban J connectivity index is 1.98. The van der Waals surface area contributed by atoms with Crippen LogP contribution in [0.5, 0.6) is 0 Å². The SMILES string of the molecule is CCc1nn(C)c(NC(=O)c2cc3cc(F)ccc3n2C)c1C. The molecule has 0 atom stereocenters. The summed E-state index contributed by atoms with van der Waals surface area (Å²) in [7, 11) is 3.60. The Morgan fingerprint density at radius 1 is 1.30 bits per heavy atom. The molecule has 2 aromatic heterocycles. The number of hydrogen-bond acceptors (Lipinski definition) is 2. The summed E-state index contributed by atoms with van der Waals surface area (Å²) in [5, 5.41) is 8.01. The van der Waals surface area contributed by atoms with Gasteiger partial charge in [-0.3, -0.25) is 9.48 Å². The Bertz CT molecular complexity index is 907. The quantitative estimate of drug-likeness (QED) is 0.807. The van der Waals surface area contributed by atoms with Crippen LogP contribution in [-0.4, -0.2) is 20.3 Å². The molecule has 2 heterocycles. The van der Waals surface area contributed by atoms with Crippen LogP contribution in [0, 0.1) is 12.7 Å². The minimum Gasteiger partial charge on any atom is -0.340 e. The molecule has 0 radical (unpaired) electrons. The molecule has 3 aromatic rings. The molecule has 1 amide bonds. The number of nitrogens with one attached hydrogen (secondary N) is 1. The van der Waals surface area contributed by atoms with Gasteiger partial charge in [-0.25, -0.2) is 4.39 Å². The van der Waals surface area contributed by atoms with E-state index >= 15 is 0 Å². The minimum atomic E-state index is -0.315. The van der Waals surface area contributed by atoms with Crippen molar-refractivity contribution in [2.75, 3.05) is 5.32 Å². The second-order valence-corrected chi connectivity index (χ2v) is 5.64.